The normalized spacial score (nSPS) is 12.9. The van der Waals surface area contributed by atoms with E-state index in [1.54, 1.807) is 0 Å². The van der Waals surface area contributed by atoms with Gasteiger partial charge < -0.3 is 19.5 Å². The topological polar surface area (TPSA) is 39.7 Å². The molecule has 0 bridgehead atoms. The second-order valence-corrected chi connectivity index (χ2v) is 5.21. The second-order valence-electron chi connectivity index (χ2n) is 5.21. The summed E-state index contributed by atoms with van der Waals surface area (Å²) in [6.45, 7) is 12.1. The first-order valence-corrected chi connectivity index (χ1v) is 7.80. The van der Waals surface area contributed by atoms with Crippen LogP contribution in [0, 0.1) is 0 Å². The predicted molar refractivity (Wildman–Crippen MR) is 85.7 cm³/mol. The van der Waals surface area contributed by atoms with Gasteiger partial charge in [-0.1, -0.05) is 12.1 Å². The van der Waals surface area contributed by atoms with Crippen molar-refractivity contribution in [3.8, 4) is 5.75 Å². The number of hydrogen-bond acceptors (Lipinski definition) is 4. The van der Waals surface area contributed by atoms with Gasteiger partial charge in [0.1, 0.15) is 5.75 Å². The highest BCUT2D eigenvalue weighted by molar-refractivity contribution is 5.29. The summed E-state index contributed by atoms with van der Waals surface area (Å²) in [7, 11) is 0. The second kappa shape index (κ2) is 9.77. The van der Waals surface area contributed by atoms with Crippen LogP contribution in [0.15, 0.2) is 24.3 Å². The third-order valence-electron chi connectivity index (χ3n) is 3.05. The van der Waals surface area contributed by atoms with E-state index >= 15 is 0 Å². The molecule has 0 aromatic heterocycles. The van der Waals surface area contributed by atoms with Gasteiger partial charge in [0.25, 0.3) is 0 Å². The highest BCUT2D eigenvalue weighted by atomic mass is 16.7. The maximum Gasteiger partial charge on any atom is 0.169 e. The molecular formula is C17H29NO3. The Labute approximate surface area is 128 Å². The highest BCUT2D eigenvalue weighted by Gasteiger charge is 2.11. The summed E-state index contributed by atoms with van der Waals surface area (Å²) in [6, 6.07) is 8.44. The van der Waals surface area contributed by atoms with Gasteiger partial charge in [-0.2, -0.15) is 0 Å². The fourth-order valence-electron chi connectivity index (χ4n) is 2.04. The maximum atomic E-state index is 5.65. The zero-order valence-electron chi connectivity index (χ0n) is 13.9. The lowest BCUT2D eigenvalue weighted by Gasteiger charge is -2.21. The molecule has 0 aliphatic heterocycles. The number of nitrogens with one attached hydrogen (secondary N) is 1. The molecule has 0 amide bonds. The molecule has 1 N–H and O–H groups in total. The average Bonchev–Trinajstić information content (AvgIpc) is 2.45. The first-order valence-electron chi connectivity index (χ1n) is 7.80. The molecule has 0 spiro atoms. The minimum absolute atomic E-state index is 0.189. The lowest BCUT2D eigenvalue weighted by atomic mass is 10.1. The third-order valence-corrected chi connectivity index (χ3v) is 3.05. The first-order chi connectivity index (χ1) is 10.1. The lowest BCUT2D eigenvalue weighted by Crippen LogP contribution is -2.33. The number of benzene rings is 1. The van der Waals surface area contributed by atoms with E-state index in [2.05, 4.69) is 24.4 Å². The van der Waals surface area contributed by atoms with Crippen molar-refractivity contribution in [1.82, 2.24) is 5.32 Å². The van der Waals surface area contributed by atoms with E-state index in [1.807, 2.05) is 39.8 Å². The molecular weight excluding hydrogens is 266 g/mol. The van der Waals surface area contributed by atoms with Gasteiger partial charge in [0, 0.05) is 25.8 Å². The quantitative estimate of drug-likeness (QED) is 0.670. The van der Waals surface area contributed by atoms with E-state index in [9.17, 15) is 0 Å². The first kappa shape index (κ1) is 18.0. The van der Waals surface area contributed by atoms with Crippen LogP contribution in [0.4, 0.5) is 0 Å². The Morgan fingerprint density at radius 1 is 0.952 bits per heavy atom. The van der Waals surface area contributed by atoms with Crippen molar-refractivity contribution in [3.63, 3.8) is 0 Å². The van der Waals surface area contributed by atoms with Crippen molar-refractivity contribution < 1.29 is 14.2 Å². The van der Waals surface area contributed by atoms with E-state index in [1.165, 1.54) is 5.56 Å². The zero-order chi connectivity index (χ0) is 15.7. The molecule has 0 aliphatic carbocycles. The maximum absolute atomic E-state index is 5.65. The monoisotopic (exact) mass is 295 g/mol. The molecule has 0 saturated heterocycles. The molecule has 1 aromatic rings. The Kier molecular flexibility index (Phi) is 8.35. The number of hydrogen-bond donors (Lipinski definition) is 1. The fraction of sp³-hybridized carbons (Fsp3) is 0.647. The van der Waals surface area contributed by atoms with E-state index in [0.29, 0.717) is 19.8 Å². The summed E-state index contributed by atoms with van der Waals surface area (Å²) in [5.41, 5.74) is 1.22. The zero-order valence-corrected chi connectivity index (χ0v) is 13.9. The standard InChI is InChI=1S/C17H29NO3/c1-6-19-17(20-7-2)12-18-14(5)15-8-10-16(11-9-15)21-13(3)4/h8-11,13-14,17-18H,6-7,12H2,1-5H3. The van der Waals surface area contributed by atoms with Crippen molar-refractivity contribution in [2.75, 3.05) is 19.8 Å². The van der Waals surface area contributed by atoms with Gasteiger partial charge in [-0.05, 0) is 52.3 Å². The van der Waals surface area contributed by atoms with Gasteiger partial charge in [0.2, 0.25) is 0 Å². The smallest absolute Gasteiger partial charge is 0.169 e. The Morgan fingerprint density at radius 3 is 2.00 bits per heavy atom. The molecule has 21 heavy (non-hydrogen) atoms. The van der Waals surface area contributed by atoms with Crippen molar-refractivity contribution in [3.05, 3.63) is 29.8 Å². The molecule has 1 rings (SSSR count). The average molecular weight is 295 g/mol. The Bertz CT molecular complexity index is 372. The molecule has 0 aliphatic rings. The lowest BCUT2D eigenvalue weighted by molar-refractivity contribution is -0.133. The van der Waals surface area contributed by atoms with Crippen LogP contribution >= 0.6 is 0 Å². The third kappa shape index (κ3) is 6.93. The van der Waals surface area contributed by atoms with Crippen molar-refractivity contribution in [1.29, 1.82) is 0 Å². The highest BCUT2D eigenvalue weighted by Crippen LogP contribution is 2.18. The van der Waals surface area contributed by atoms with Gasteiger partial charge >= 0.3 is 0 Å². The van der Waals surface area contributed by atoms with Gasteiger partial charge in [0.05, 0.1) is 6.10 Å². The van der Waals surface area contributed by atoms with E-state index < -0.39 is 0 Å². The molecule has 0 saturated carbocycles. The SMILES string of the molecule is CCOC(CNC(C)c1ccc(OC(C)C)cc1)OCC. The van der Waals surface area contributed by atoms with E-state index in [4.69, 9.17) is 14.2 Å². The van der Waals surface area contributed by atoms with Crippen molar-refractivity contribution in [2.24, 2.45) is 0 Å². The van der Waals surface area contributed by atoms with Crippen LogP contribution in [0.25, 0.3) is 0 Å². The van der Waals surface area contributed by atoms with Gasteiger partial charge in [-0.3, -0.25) is 0 Å². The van der Waals surface area contributed by atoms with Crippen LogP contribution in [-0.2, 0) is 9.47 Å². The molecule has 120 valence electrons. The predicted octanol–water partition coefficient (Wildman–Crippen LogP) is 3.52. The molecule has 1 atom stereocenters. The van der Waals surface area contributed by atoms with Crippen LogP contribution < -0.4 is 10.1 Å². The fourth-order valence-corrected chi connectivity index (χ4v) is 2.04. The minimum Gasteiger partial charge on any atom is -0.491 e. The Hall–Kier alpha value is -1.10. The summed E-state index contributed by atoms with van der Waals surface area (Å²) in [6.07, 6.45) is 0.00976. The van der Waals surface area contributed by atoms with E-state index in [-0.39, 0.29) is 18.4 Å². The molecule has 0 fully saturated rings. The Balaban J connectivity index is 2.48. The summed E-state index contributed by atoms with van der Waals surface area (Å²) in [5.74, 6) is 0.905. The molecule has 0 radical (unpaired) electrons. The van der Waals surface area contributed by atoms with Crippen molar-refractivity contribution >= 4 is 0 Å². The number of rotatable bonds is 10. The van der Waals surface area contributed by atoms with Crippen LogP contribution in [-0.4, -0.2) is 32.2 Å². The summed E-state index contributed by atoms with van der Waals surface area (Å²) < 4.78 is 16.7. The largest absolute Gasteiger partial charge is 0.491 e. The minimum atomic E-state index is -0.189. The van der Waals surface area contributed by atoms with Crippen LogP contribution in [0.3, 0.4) is 0 Å². The van der Waals surface area contributed by atoms with Crippen LogP contribution in [0.2, 0.25) is 0 Å². The van der Waals surface area contributed by atoms with Gasteiger partial charge in [-0.25, -0.2) is 0 Å². The number of ether oxygens (including phenoxy) is 3. The van der Waals surface area contributed by atoms with Gasteiger partial charge in [0.15, 0.2) is 6.29 Å². The molecule has 0 heterocycles. The Morgan fingerprint density at radius 2 is 1.52 bits per heavy atom. The molecule has 4 nitrogen and oxygen atoms in total. The summed E-state index contributed by atoms with van der Waals surface area (Å²) >= 11 is 0. The summed E-state index contributed by atoms with van der Waals surface area (Å²) in [4.78, 5) is 0. The summed E-state index contributed by atoms with van der Waals surface area (Å²) in [5, 5.41) is 3.44. The molecule has 4 heteroatoms. The van der Waals surface area contributed by atoms with Crippen LogP contribution in [0.1, 0.15) is 46.2 Å². The molecule has 1 unspecified atom stereocenters. The van der Waals surface area contributed by atoms with E-state index in [0.717, 1.165) is 5.75 Å². The molecule has 1 aromatic carbocycles. The van der Waals surface area contributed by atoms with Gasteiger partial charge in [-0.15, -0.1) is 0 Å². The van der Waals surface area contributed by atoms with Crippen molar-refractivity contribution in [2.45, 2.75) is 53.1 Å². The van der Waals surface area contributed by atoms with Crippen LogP contribution in [0.5, 0.6) is 5.75 Å².